The smallest absolute Gasteiger partial charge is 0.229 e. The lowest BCUT2D eigenvalue weighted by Gasteiger charge is -2.49. The number of hydrogen-bond acceptors (Lipinski definition) is 6. The van der Waals surface area contributed by atoms with Gasteiger partial charge in [0.05, 0.1) is 18.2 Å². The summed E-state index contributed by atoms with van der Waals surface area (Å²) in [6.45, 7) is 3.34. The molecule has 1 amide bonds. The lowest BCUT2D eigenvalue weighted by atomic mass is 9.75. The Kier molecular flexibility index (Phi) is 5.09. The van der Waals surface area contributed by atoms with E-state index in [4.69, 9.17) is 0 Å². The molecule has 4 atom stereocenters. The first-order valence-electron chi connectivity index (χ1n) is 9.50. The Bertz CT molecular complexity index is 807. The number of phenols is 1. The van der Waals surface area contributed by atoms with Gasteiger partial charge in [0.15, 0.2) is 0 Å². The van der Waals surface area contributed by atoms with Gasteiger partial charge in [0.25, 0.3) is 0 Å². The summed E-state index contributed by atoms with van der Waals surface area (Å²) in [6.07, 6.45) is 4.04. The zero-order chi connectivity index (χ0) is 18.8. The van der Waals surface area contributed by atoms with Gasteiger partial charge in [-0.25, -0.2) is 0 Å². The molecule has 27 heavy (non-hydrogen) atoms. The van der Waals surface area contributed by atoms with E-state index in [9.17, 15) is 9.90 Å². The van der Waals surface area contributed by atoms with Gasteiger partial charge in [-0.15, -0.1) is 5.10 Å². The van der Waals surface area contributed by atoms with Crippen molar-refractivity contribution in [2.75, 3.05) is 25.5 Å². The Labute approximate surface area is 158 Å². The second kappa shape index (κ2) is 7.66. The van der Waals surface area contributed by atoms with Crippen molar-refractivity contribution in [2.24, 2.45) is 11.8 Å². The van der Waals surface area contributed by atoms with Gasteiger partial charge in [0.1, 0.15) is 5.75 Å². The minimum absolute atomic E-state index is 0.00653. The van der Waals surface area contributed by atoms with Gasteiger partial charge in [-0.2, -0.15) is 0 Å². The summed E-state index contributed by atoms with van der Waals surface area (Å²) < 4.78 is 1.92. The highest BCUT2D eigenvalue weighted by Crippen LogP contribution is 2.37. The number of anilines is 1. The van der Waals surface area contributed by atoms with E-state index in [1.54, 1.807) is 24.3 Å². The van der Waals surface area contributed by atoms with Crippen LogP contribution >= 0.6 is 0 Å². The molecule has 8 nitrogen and oxygen atoms in total. The maximum absolute atomic E-state index is 12.8. The molecule has 3 N–H and O–H groups in total. The summed E-state index contributed by atoms with van der Waals surface area (Å²) >= 11 is 0. The van der Waals surface area contributed by atoms with Gasteiger partial charge < -0.3 is 15.7 Å². The quantitative estimate of drug-likeness (QED) is 0.704. The average Bonchev–Trinajstić information content (AvgIpc) is 3.09. The number of benzene rings is 1. The third kappa shape index (κ3) is 3.96. The molecule has 1 aromatic heterocycles. The van der Waals surface area contributed by atoms with Crippen molar-refractivity contribution in [2.45, 2.75) is 32.0 Å². The number of carbonyl (C=O) groups is 1. The number of phenolic OH excluding ortho intramolecular Hbond substituents is 1. The average molecular weight is 370 g/mol. The number of rotatable bonds is 6. The molecule has 0 radical (unpaired) electrons. The molecule has 4 heterocycles. The summed E-state index contributed by atoms with van der Waals surface area (Å²) in [5.41, 5.74) is 1.59. The van der Waals surface area contributed by atoms with E-state index < -0.39 is 0 Å². The fourth-order valence-electron chi connectivity index (χ4n) is 4.35. The highest BCUT2D eigenvalue weighted by molar-refractivity contribution is 5.93. The number of nitrogens with zero attached hydrogens (tertiary/aromatic N) is 4. The van der Waals surface area contributed by atoms with Crippen LogP contribution in [0.1, 0.15) is 18.5 Å². The molecule has 3 aliphatic rings. The maximum atomic E-state index is 12.8. The number of amides is 1. The Morgan fingerprint density at radius 2 is 2.30 bits per heavy atom. The third-order valence-corrected chi connectivity index (χ3v) is 5.67. The lowest BCUT2D eigenvalue weighted by molar-refractivity contribution is -0.127. The molecule has 3 aliphatic heterocycles. The second-order valence-corrected chi connectivity index (χ2v) is 7.54. The molecule has 3 saturated heterocycles. The number of aromatic nitrogens is 3. The SMILES string of the molecule is CNCc1cn(C[C@H]2C[C@@H]3CCN2C[C@@H]3C(=O)Nc2cccc(O)c2)nn1. The molecule has 5 rings (SSSR count). The molecular formula is C19H26N6O2. The number of aromatic hydroxyl groups is 1. The van der Waals surface area contributed by atoms with Crippen LogP contribution in [-0.2, 0) is 17.9 Å². The summed E-state index contributed by atoms with van der Waals surface area (Å²) in [7, 11) is 1.90. The first-order valence-corrected chi connectivity index (χ1v) is 9.50. The van der Waals surface area contributed by atoms with Gasteiger partial charge >= 0.3 is 0 Å². The zero-order valence-corrected chi connectivity index (χ0v) is 15.5. The molecule has 1 aromatic carbocycles. The van der Waals surface area contributed by atoms with Gasteiger partial charge in [0, 0.05) is 37.1 Å². The van der Waals surface area contributed by atoms with Crippen LogP contribution < -0.4 is 10.6 Å². The Hall–Kier alpha value is -2.45. The van der Waals surface area contributed by atoms with Crippen molar-refractivity contribution in [3.05, 3.63) is 36.2 Å². The van der Waals surface area contributed by atoms with Crippen LogP contribution in [-0.4, -0.2) is 57.1 Å². The van der Waals surface area contributed by atoms with Crippen molar-refractivity contribution < 1.29 is 9.90 Å². The summed E-state index contributed by atoms with van der Waals surface area (Å²) in [4.78, 5) is 15.2. The molecule has 0 spiro atoms. The topological polar surface area (TPSA) is 95.3 Å². The van der Waals surface area contributed by atoms with Crippen molar-refractivity contribution in [1.82, 2.24) is 25.2 Å². The molecule has 8 heteroatoms. The fourth-order valence-corrected chi connectivity index (χ4v) is 4.35. The van der Waals surface area contributed by atoms with E-state index in [2.05, 4.69) is 25.8 Å². The van der Waals surface area contributed by atoms with Crippen LogP contribution in [0.15, 0.2) is 30.5 Å². The van der Waals surface area contributed by atoms with E-state index >= 15 is 0 Å². The molecule has 0 saturated carbocycles. The minimum Gasteiger partial charge on any atom is -0.508 e. The second-order valence-electron chi connectivity index (χ2n) is 7.54. The highest BCUT2D eigenvalue weighted by Gasteiger charge is 2.43. The number of nitrogens with one attached hydrogen (secondary N) is 2. The number of piperidine rings is 3. The Morgan fingerprint density at radius 1 is 1.41 bits per heavy atom. The van der Waals surface area contributed by atoms with Gasteiger partial charge in [-0.1, -0.05) is 11.3 Å². The molecule has 2 aromatic rings. The number of fused-ring (bicyclic) bond motifs is 3. The zero-order valence-electron chi connectivity index (χ0n) is 15.5. The molecule has 0 aliphatic carbocycles. The summed E-state index contributed by atoms with van der Waals surface area (Å²) in [6, 6.07) is 7.11. The van der Waals surface area contributed by atoms with E-state index in [0.29, 0.717) is 24.2 Å². The minimum atomic E-state index is -0.00653. The molecule has 3 fully saturated rings. The van der Waals surface area contributed by atoms with E-state index in [0.717, 1.165) is 38.2 Å². The number of carbonyl (C=O) groups excluding carboxylic acids is 1. The predicted molar refractivity (Wildman–Crippen MR) is 101 cm³/mol. The van der Waals surface area contributed by atoms with Crippen molar-refractivity contribution in [1.29, 1.82) is 0 Å². The predicted octanol–water partition coefficient (Wildman–Crippen LogP) is 1.05. The maximum Gasteiger partial charge on any atom is 0.229 e. The molecular weight excluding hydrogens is 344 g/mol. The van der Waals surface area contributed by atoms with Crippen molar-refractivity contribution >= 4 is 11.6 Å². The number of hydrogen-bond donors (Lipinski definition) is 3. The van der Waals surface area contributed by atoms with Crippen LogP contribution in [0.5, 0.6) is 5.75 Å². The van der Waals surface area contributed by atoms with E-state index in [-0.39, 0.29) is 17.6 Å². The standard InChI is InChI=1S/C19H26N6O2/c1-20-9-15-10-25(23-22-15)11-16-7-13-5-6-24(16)12-18(13)19(27)21-14-3-2-4-17(26)8-14/h2-4,8,10,13,16,18,20,26H,5-7,9,11-12H2,1H3,(H,21,27)/t13-,16+,18-/m0/s1. The van der Waals surface area contributed by atoms with Gasteiger partial charge in [0.2, 0.25) is 5.91 Å². The lowest BCUT2D eigenvalue weighted by Crippen LogP contribution is -2.57. The van der Waals surface area contributed by atoms with E-state index in [1.807, 2.05) is 17.9 Å². The third-order valence-electron chi connectivity index (χ3n) is 5.67. The van der Waals surface area contributed by atoms with Crippen LogP contribution in [0.4, 0.5) is 5.69 Å². The molecule has 2 bridgehead atoms. The normalized spacial score (nSPS) is 26.9. The van der Waals surface area contributed by atoms with E-state index in [1.165, 1.54) is 0 Å². The van der Waals surface area contributed by atoms with Crippen molar-refractivity contribution in [3.8, 4) is 5.75 Å². The monoisotopic (exact) mass is 370 g/mol. The highest BCUT2D eigenvalue weighted by atomic mass is 16.3. The van der Waals surface area contributed by atoms with Gasteiger partial charge in [-0.3, -0.25) is 14.4 Å². The summed E-state index contributed by atoms with van der Waals surface area (Å²) in [5, 5.41) is 24.0. The first kappa shape index (κ1) is 17.9. The van der Waals surface area contributed by atoms with Crippen LogP contribution in [0.3, 0.4) is 0 Å². The van der Waals surface area contributed by atoms with Crippen LogP contribution in [0, 0.1) is 11.8 Å². The van der Waals surface area contributed by atoms with Gasteiger partial charge in [-0.05, 0) is 44.5 Å². The summed E-state index contributed by atoms with van der Waals surface area (Å²) in [5.74, 6) is 0.587. The first-order chi connectivity index (χ1) is 13.1. The van der Waals surface area contributed by atoms with Crippen LogP contribution in [0.2, 0.25) is 0 Å². The largest absolute Gasteiger partial charge is 0.508 e. The molecule has 1 unspecified atom stereocenters. The van der Waals surface area contributed by atoms with Crippen LogP contribution in [0.25, 0.3) is 0 Å². The Balaban J connectivity index is 1.37. The Morgan fingerprint density at radius 3 is 3.04 bits per heavy atom. The fraction of sp³-hybridized carbons (Fsp3) is 0.526. The molecule has 144 valence electrons. The van der Waals surface area contributed by atoms with Crippen molar-refractivity contribution in [3.63, 3.8) is 0 Å².